The predicted octanol–water partition coefficient (Wildman–Crippen LogP) is 5.66. The van der Waals surface area contributed by atoms with Gasteiger partial charge in [0, 0.05) is 12.8 Å². The number of ether oxygens (including phenoxy) is 2. The van der Waals surface area contributed by atoms with Crippen molar-refractivity contribution in [1.82, 2.24) is 0 Å². The van der Waals surface area contributed by atoms with E-state index in [0.717, 1.165) is 51.4 Å². The second-order valence-corrected chi connectivity index (χ2v) is 7.77. The largest absolute Gasteiger partial charge is 0.465 e. The van der Waals surface area contributed by atoms with E-state index in [1.165, 1.54) is 26.4 Å². The highest BCUT2D eigenvalue weighted by Crippen LogP contribution is 2.27. The zero-order chi connectivity index (χ0) is 21.3. The van der Waals surface area contributed by atoms with Crippen LogP contribution in [0.5, 0.6) is 0 Å². The van der Waals surface area contributed by atoms with Crippen LogP contribution < -0.4 is 0 Å². The van der Waals surface area contributed by atoms with Crippen LogP contribution in [0, 0.1) is 0 Å². The number of rotatable bonds is 19. The molecule has 2 atom stereocenters. The maximum absolute atomic E-state index is 12.4. The van der Waals surface area contributed by atoms with E-state index in [1.807, 2.05) is 13.8 Å². The number of hydrogen-bond acceptors (Lipinski definition) is 6. The highest BCUT2D eigenvalue weighted by Gasteiger charge is 2.45. The number of carbonyl (C=O) groups excluding carboxylic acids is 1. The molecule has 168 valence electrons. The molecule has 6 heteroatoms. The molecule has 0 aliphatic heterocycles. The van der Waals surface area contributed by atoms with Crippen LogP contribution in [0.3, 0.4) is 0 Å². The molecule has 6 nitrogen and oxygen atoms in total. The Hall–Kier alpha value is -0.690. The van der Waals surface area contributed by atoms with E-state index in [4.69, 9.17) is 19.2 Å². The zero-order valence-electron chi connectivity index (χ0n) is 18.8. The summed E-state index contributed by atoms with van der Waals surface area (Å²) in [6, 6.07) is 0. The van der Waals surface area contributed by atoms with Crippen LogP contribution in [0.15, 0.2) is 0 Å². The molecule has 0 saturated carbocycles. The van der Waals surface area contributed by atoms with Crippen LogP contribution in [-0.2, 0) is 24.0 Å². The monoisotopic (exact) mass is 404 g/mol. The molecule has 0 aliphatic rings. The number of unbranched alkanes of at least 4 members (excludes halogenated alkanes) is 9. The van der Waals surface area contributed by atoms with Gasteiger partial charge in [0.25, 0.3) is 5.79 Å². The topological polar surface area (TPSA) is 74.2 Å². The van der Waals surface area contributed by atoms with Gasteiger partial charge in [-0.3, -0.25) is 0 Å². The predicted molar refractivity (Wildman–Crippen MR) is 111 cm³/mol. The van der Waals surface area contributed by atoms with Crippen molar-refractivity contribution in [3.63, 3.8) is 0 Å². The number of carbonyl (C=O) groups is 1. The van der Waals surface area contributed by atoms with Crippen molar-refractivity contribution in [3.05, 3.63) is 0 Å². The standard InChI is InChI=1S/C22H44O6/c1-6-8-10-12-13-15-17-20(23)27-28-22(21(24)25-5,26-19(3)4)18-16-14-11-9-7-2/h19-20,23H,6-18H2,1-5H3. The maximum Gasteiger partial charge on any atom is 0.369 e. The van der Waals surface area contributed by atoms with E-state index in [1.54, 1.807) is 0 Å². The second kappa shape index (κ2) is 17.2. The minimum absolute atomic E-state index is 0.256. The Morgan fingerprint density at radius 2 is 1.43 bits per heavy atom. The third-order valence-corrected chi connectivity index (χ3v) is 4.63. The third-order valence-electron chi connectivity index (χ3n) is 4.63. The van der Waals surface area contributed by atoms with Crippen LogP contribution in [-0.4, -0.2) is 36.4 Å². The van der Waals surface area contributed by atoms with Crippen LogP contribution in [0.1, 0.15) is 111 Å². The normalized spacial score (nSPS) is 14.8. The third kappa shape index (κ3) is 12.7. The van der Waals surface area contributed by atoms with Gasteiger partial charge < -0.3 is 14.6 Å². The van der Waals surface area contributed by atoms with Crippen LogP contribution in [0.25, 0.3) is 0 Å². The Balaban J connectivity index is 4.60. The Bertz CT molecular complexity index is 374. The Morgan fingerprint density at radius 3 is 1.96 bits per heavy atom. The van der Waals surface area contributed by atoms with E-state index >= 15 is 0 Å². The lowest BCUT2D eigenvalue weighted by molar-refractivity contribution is -0.463. The van der Waals surface area contributed by atoms with Crippen molar-refractivity contribution in [1.29, 1.82) is 0 Å². The minimum atomic E-state index is -1.64. The molecule has 0 amide bonds. The van der Waals surface area contributed by atoms with Crippen LogP contribution in [0.2, 0.25) is 0 Å². The van der Waals surface area contributed by atoms with Gasteiger partial charge in [-0.25, -0.2) is 9.68 Å². The molecule has 1 N–H and O–H groups in total. The average Bonchev–Trinajstić information content (AvgIpc) is 2.67. The summed E-state index contributed by atoms with van der Waals surface area (Å²) in [5.41, 5.74) is 0. The van der Waals surface area contributed by atoms with Gasteiger partial charge in [-0.1, -0.05) is 71.6 Å². The molecule has 0 bridgehead atoms. The van der Waals surface area contributed by atoms with Gasteiger partial charge in [-0.15, -0.1) is 0 Å². The molecule has 0 heterocycles. The molecule has 28 heavy (non-hydrogen) atoms. The maximum atomic E-state index is 12.4. The van der Waals surface area contributed by atoms with Gasteiger partial charge in [-0.05, 0) is 26.7 Å². The number of esters is 1. The molecule has 0 spiro atoms. The fourth-order valence-corrected chi connectivity index (χ4v) is 3.08. The Labute approximate surface area is 172 Å². The fraction of sp³-hybridized carbons (Fsp3) is 0.955. The average molecular weight is 405 g/mol. The van der Waals surface area contributed by atoms with Crippen molar-refractivity contribution in [2.75, 3.05) is 7.11 Å². The van der Waals surface area contributed by atoms with E-state index < -0.39 is 18.0 Å². The SMILES string of the molecule is CCCCCCCCC(O)OOC(CCCCCCC)(OC(C)C)C(=O)OC. The summed E-state index contributed by atoms with van der Waals surface area (Å²) >= 11 is 0. The highest BCUT2D eigenvalue weighted by molar-refractivity contribution is 5.77. The van der Waals surface area contributed by atoms with Crippen molar-refractivity contribution in [2.45, 2.75) is 129 Å². The summed E-state index contributed by atoms with van der Waals surface area (Å²) in [5.74, 6) is -2.28. The minimum Gasteiger partial charge on any atom is -0.465 e. The molecule has 0 fully saturated rings. The number of hydrogen-bond donors (Lipinski definition) is 1. The van der Waals surface area contributed by atoms with Gasteiger partial charge in [0.15, 0.2) is 6.29 Å². The summed E-state index contributed by atoms with van der Waals surface area (Å²) in [7, 11) is 1.30. The molecule has 0 saturated heterocycles. The Morgan fingerprint density at radius 1 is 0.893 bits per heavy atom. The van der Waals surface area contributed by atoms with E-state index in [-0.39, 0.29) is 6.10 Å². The highest BCUT2D eigenvalue weighted by atomic mass is 17.3. The molecule has 0 aliphatic carbocycles. The van der Waals surface area contributed by atoms with Gasteiger partial charge in [-0.2, -0.15) is 4.89 Å². The number of methoxy groups -OCH3 is 1. The molecule has 0 rings (SSSR count). The summed E-state index contributed by atoms with van der Waals surface area (Å²) in [4.78, 5) is 23.0. The molecular weight excluding hydrogens is 360 g/mol. The smallest absolute Gasteiger partial charge is 0.369 e. The van der Waals surface area contributed by atoms with Gasteiger partial charge in [0.2, 0.25) is 0 Å². The summed E-state index contributed by atoms with van der Waals surface area (Å²) in [5, 5.41) is 10.1. The van der Waals surface area contributed by atoms with Gasteiger partial charge in [0.05, 0.1) is 13.2 Å². The first-order chi connectivity index (χ1) is 13.4. The van der Waals surface area contributed by atoms with Crippen molar-refractivity contribution >= 4 is 5.97 Å². The molecule has 0 radical (unpaired) electrons. The van der Waals surface area contributed by atoms with Crippen molar-refractivity contribution < 1.29 is 29.1 Å². The lowest BCUT2D eigenvalue weighted by Crippen LogP contribution is -2.47. The first-order valence-electron chi connectivity index (χ1n) is 11.2. The number of aliphatic hydroxyl groups excluding tert-OH is 1. The first-order valence-corrected chi connectivity index (χ1v) is 11.2. The lowest BCUT2D eigenvalue weighted by atomic mass is 10.1. The van der Waals surface area contributed by atoms with Gasteiger partial charge >= 0.3 is 5.97 Å². The molecular formula is C22H44O6. The van der Waals surface area contributed by atoms with Crippen molar-refractivity contribution in [2.24, 2.45) is 0 Å². The molecule has 0 aromatic carbocycles. The van der Waals surface area contributed by atoms with Crippen LogP contribution >= 0.6 is 0 Å². The first kappa shape index (κ1) is 27.3. The summed E-state index contributed by atoms with van der Waals surface area (Å²) in [6.07, 6.45) is 11.3. The fourth-order valence-electron chi connectivity index (χ4n) is 3.08. The van der Waals surface area contributed by atoms with Gasteiger partial charge in [0.1, 0.15) is 0 Å². The molecule has 0 aromatic rings. The summed E-state index contributed by atoms with van der Waals surface area (Å²) in [6.45, 7) is 7.99. The van der Waals surface area contributed by atoms with Crippen LogP contribution in [0.4, 0.5) is 0 Å². The summed E-state index contributed by atoms with van der Waals surface area (Å²) < 4.78 is 10.7. The Kier molecular flexibility index (Phi) is 16.8. The zero-order valence-corrected chi connectivity index (χ0v) is 18.8. The van der Waals surface area contributed by atoms with E-state index in [0.29, 0.717) is 12.8 Å². The van der Waals surface area contributed by atoms with E-state index in [2.05, 4.69) is 13.8 Å². The second-order valence-electron chi connectivity index (χ2n) is 7.77. The quantitative estimate of drug-likeness (QED) is 0.0984. The molecule has 0 aromatic heterocycles. The number of aliphatic hydroxyl groups is 1. The van der Waals surface area contributed by atoms with Crippen molar-refractivity contribution in [3.8, 4) is 0 Å². The molecule has 2 unspecified atom stereocenters. The lowest BCUT2D eigenvalue weighted by Gasteiger charge is -2.32. The van der Waals surface area contributed by atoms with E-state index in [9.17, 15) is 9.90 Å².